The standard InChI is InChI=1S/C29H29ClN2O3/c1-33-26-7-2-8-27-24(26)18-20(23-6-3-13-31-28(23)35-27)5-4-14-32-15-11-29(12-16-32)25-10-9-22(30)17-21(25)19-34-29/h2-3,5-10,13,17H,4,11-12,14-16,18-19H2,1H3. The topological polar surface area (TPSA) is 43.8 Å². The number of piperidine rings is 1. The van der Waals surface area contributed by atoms with Gasteiger partial charge in [-0.1, -0.05) is 29.8 Å². The van der Waals surface area contributed by atoms with E-state index >= 15 is 0 Å². The number of hydrogen-bond acceptors (Lipinski definition) is 5. The zero-order valence-electron chi connectivity index (χ0n) is 19.9. The quantitative estimate of drug-likeness (QED) is 0.426. The second-order valence-electron chi connectivity index (χ2n) is 9.52. The summed E-state index contributed by atoms with van der Waals surface area (Å²) in [6, 6.07) is 16.2. The van der Waals surface area contributed by atoms with Crippen LogP contribution in [0, 0.1) is 0 Å². The monoisotopic (exact) mass is 488 g/mol. The van der Waals surface area contributed by atoms with Gasteiger partial charge in [0.05, 0.1) is 19.3 Å². The molecular formula is C29H29ClN2O3. The van der Waals surface area contributed by atoms with Gasteiger partial charge in [-0.2, -0.15) is 0 Å². The zero-order chi connectivity index (χ0) is 23.8. The lowest BCUT2D eigenvalue weighted by Gasteiger charge is -2.39. The van der Waals surface area contributed by atoms with Gasteiger partial charge in [0.2, 0.25) is 5.88 Å². The van der Waals surface area contributed by atoms with Gasteiger partial charge in [-0.3, -0.25) is 0 Å². The Kier molecular flexibility index (Phi) is 6.01. The van der Waals surface area contributed by atoms with E-state index in [1.165, 1.54) is 16.7 Å². The maximum Gasteiger partial charge on any atom is 0.226 e. The molecule has 0 amide bonds. The van der Waals surface area contributed by atoms with Gasteiger partial charge in [0.1, 0.15) is 11.5 Å². The summed E-state index contributed by atoms with van der Waals surface area (Å²) in [6.07, 6.45) is 7.89. The van der Waals surface area contributed by atoms with Crippen molar-refractivity contribution in [1.29, 1.82) is 0 Å². The lowest BCUT2D eigenvalue weighted by Crippen LogP contribution is -2.42. The van der Waals surface area contributed by atoms with E-state index in [-0.39, 0.29) is 5.60 Å². The van der Waals surface area contributed by atoms with Crippen molar-refractivity contribution in [2.75, 3.05) is 26.7 Å². The van der Waals surface area contributed by atoms with Crippen LogP contribution in [0.15, 0.2) is 60.8 Å². The second kappa shape index (κ2) is 9.30. The molecule has 1 spiro atoms. The SMILES string of the molecule is COc1cccc2c1CC(=CCCN1CCC3(CC1)OCc1cc(Cl)ccc13)c1cccnc1O2. The Morgan fingerprint density at radius 2 is 2.03 bits per heavy atom. The van der Waals surface area contributed by atoms with Gasteiger partial charge in [0.15, 0.2) is 0 Å². The van der Waals surface area contributed by atoms with Gasteiger partial charge in [-0.25, -0.2) is 4.98 Å². The average Bonchev–Trinajstić information content (AvgIpc) is 3.13. The highest BCUT2D eigenvalue weighted by Crippen LogP contribution is 2.45. The number of rotatable bonds is 4. The van der Waals surface area contributed by atoms with E-state index in [4.69, 9.17) is 25.8 Å². The molecule has 4 heterocycles. The van der Waals surface area contributed by atoms with E-state index in [9.17, 15) is 0 Å². The van der Waals surface area contributed by atoms with Crippen molar-refractivity contribution in [2.45, 2.75) is 37.9 Å². The van der Waals surface area contributed by atoms with Gasteiger partial charge >= 0.3 is 0 Å². The first kappa shape index (κ1) is 22.6. The molecule has 0 bridgehead atoms. The van der Waals surface area contributed by atoms with Gasteiger partial charge in [-0.15, -0.1) is 0 Å². The van der Waals surface area contributed by atoms with Gasteiger partial charge < -0.3 is 19.1 Å². The molecule has 0 radical (unpaired) electrons. The number of methoxy groups -OCH3 is 1. The smallest absolute Gasteiger partial charge is 0.226 e. The highest BCUT2D eigenvalue weighted by atomic mass is 35.5. The number of aromatic nitrogens is 1. The summed E-state index contributed by atoms with van der Waals surface area (Å²) >= 11 is 6.19. The van der Waals surface area contributed by atoms with Crippen molar-refractivity contribution in [3.63, 3.8) is 0 Å². The summed E-state index contributed by atoms with van der Waals surface area (Å²) in [5.74, 6) is 2.32. The molecule has 0 aliphatic carbocycles. The van der Waals surface area contributed by atoms with Crippen LogP contribution in [0.2, 0.25) is 5.02 Å². The van der Waals surface area contributed by atoms with Crippen LogP contribution >= 0.6 is 11.6 Å². The van der Waals surface area contributed by atoms with Crippen molar-refractivity contribution < 1.29 is 14.2 Å². The summed E-state index contributed by atoms with van der Waals surface area (Å²) < 4.78 is 18.2. The Morgan fingerprint density at radius 3 is 2.89 bits per heavy atom. The number of fused-ring (bicyclic) bond motifs is 4. The summed E-state index contributed by atoms with van der Waals surface area (Å²) in [7, 11) is 1.71. The van der Waals surface area contributed by atoms with Gasteiger partial charge in [0, 0.05) is 48.4 Å². The molecule has 1 aromatic heterocycles. The third-order valence-electron chi connectivity index (χ3n) is 7.56. The van der Waals surface area contributed by atoms with E-state index in [1.54, 1.807) is 13.3 Å². The van der Waals surface area contributed by atoms with Crippen molar-refractivity contribution >= 4 is 17.2 Å². The fourth-order valence-electron chi connectivity index (χ4n) is 5.69. The van der Waals surface area contributed by atoms with Crippen LogP contribution in [-0.4, -0.2) is 36.6 Å². The maximum atomic E-state index is 6.33. The van der Waals surface area contributed by atoms with Crippen molar-refractivity contribution in [1.82, 2.24) is 9.88 Å². The summed E-state index contributed by atoms with van der Waals surface area (Å²) in [5, 5.41) is 0.788. The number of nitrogens with zero attached hydrogens (tertiary/aromatic N) is 2. The Morgan fingerprint density at radius 1 is 1.14 bits per heavy atom. The fourth-order valence-corrected chi connectivity index (χ4v) is 5.88. The largest absolute Gasteiger partial charge is 0.496 e. The molecule has 180 valence electrons. The third-order valence-corrected chi connectivity index (χ3v) is 7.80. The summed E-state index contributed by atoms with van der Waals surface area (Å²) in [4.78, 5) is 7.06. The van der Waals surface area contributed by atoms with E-state index in [1.807, 2.05) is 30.3 Å². The van der Waals surface area contributed by atoms with E-state index in [2.05, 4.69) is 34.2 Å². The van der Waals surface area contributed by atoms with Crippen LogP contribution in [0.3, 0.4) is 0 Å². The van der Waals surface area contributed by atoms with Crippen LogP contribution in [0.1, 0.15) is 41.5 Å². The number of ether oxygens (including phenoxy) is 3. The number of halogens is 1. The lowest BCUT2D eigenvalue weighted by molar-refractivity contribution is -0.0785. The van der Waals surface area contributed by atoms with Crippen LogP contribution in [0.25, 0.3) is 5.57 Å². The first-order chi connectivity index (χ1) is 17.1. The Hall–Kier alpha value is -2.86. The van der Waals surface area contributed by atoms with Crippen molar-refractivity contribution in [3.8, 4) is 17.4 Å². The predicted molar refractivity (Wildman–Crippen MR) is 137 cm³/mol. The number of allylic oxidation sites excluding steroid dienone is 1. The maximum absolute atomic E-state index is 6.33. The molecule has 2 aromatic carbocycles. The number of hydrogen-bond donors (Lipinski definition) is 0. The van der Waals surface area contributed by atoms with Crippen molar-refractivity contribution in [3.05, 3.63) is 88.1 Å². The number of benzene rings is 2. The molecule has 0 unspecified atom stereocenters. The summed E-state index contributed by atoms with van der Waals surface area (Å²) in [6.45, 7) is 3.75. The molecule has 3 aliphatic heterocycles. The van der Waals surface area contributed by atoms with E-state index < -0.39 is 0 Å². The number of pyridine rings is 1. The minimum Gasteiger partial charge on any atom is -0.496 e. The third kappa shape index (κ3) is 4.22. The molecule has 3 aromatic rings. The number of likely N-dealkylation sites (tertiary alicyclic amines) is 1. The fraction of sp³-hybridized carbons (Fsp3) is 0.345. The minimum atomic E-state index is -0.140. The van der Waals surface area contributed by atoms with Crippen LogP contribution < -0.4 is 9.47 Å². The van der Waals surface area contributed by atoms with Crippen LogP contribution in [0.5, 0.6) is 17.4 Å². The van der Waals surface area contributed by atoms with Crippen molar-refractivity contribution in [2.24, 2.45) is 0 Å². The summed E-state index contributed by atoms with van der Waals surface area (Å²) in [5.41, 5.74) is 5.79. The molecule has 6 rings (SSSR count). The second-order valence-corrected chi connectivity index (χ2v) is 9.95. The predicted octanol–water partition coefficient (Wildman–Crippen LogP) is 6.39. The Labute approximate surface area is 211 Å². The average molecular weight is 489 g/mol. The first-order valence-electron chi connectivity index (χ1n) is 12.3. The van der Waals surface area contributed by atoms with Crippen LogP contribution in [-0.2, 0) is 23.4 Å². The van der Waals surface area contributed by atoms with Gasteiger partial charge in [-0.05, 0) is 72.4 Å². The molecule has 1 fully saturated rings. The molecule has 1 saturated heterocycles. The molecule has 0 saturated carbocycles. The Bertz CT molecular complexity index is 1280. The molecular weight excluding hydrogens is 460 g/mol. The molecule has 35 heavy (non-hydrogen) atoms. The lowest BCUT2D eigenvalue weighted by atomic mass is 9.84. The molecule has 0 N–H and O–H groups in total. The normalized spacial score (nSPS) is 19.5. The van der Waals surface area contributed by atoms with E-state index in [0.717, 1.165) is 73.0 Å². The van der Waals surface area contributed by atoms with Gasteiger partial charge in [0.25, 0.3) is 0 Å². The molecule has 6 heteroatoms. The Balaban J connectivity index is 1.16. The van der Waals surface area contributed by atoms with Crippen LogP contribution in [0.4, 0.5) is 0 Å². The minimum absolute atomic E-state index is 0.140. The first-order valence-corrected chi connectivity index (χ1v) is 12.7. The molecule has 5 nitrogen and oxygen atoms in total. The zero-order valence-corrected chi connectivity index (χ0v) is 20.7. The highest BCUT2D eigenvalue weighted by molar-refractivity contribution is 6.30. The molecule has 0 atom stereocenters. The highest BCUT2D eigenvalue weighted by Gasteiger charge is 2.42. The molecule has 3 aliphatic rings. The van der Waals surface area contributed by atoms with E-state index in [0.29, 0.717) is 12.5 Å².